The maximum Gasteiger partial charge on any atom is 0.328 e. The molecule has 4 atom stereocenters. The van der Waals surface area contributed by atoms with E-state index in [9.17, 15) is 29.1 Å². The lowest BCUT2D eigenvalue weighted by Gasteiger charge is -2.24. The van der Waals surface area contributed by atoms with Gasteiger partial charge in [0.2, 0.25) is 23.6 Å². The number of primary amides is 1. The Labute approximate surface area is 189 Å². The van der Waals surface area contributed by atoms with E-state index in [0.29, 0.717) is 5.56 Å². The van der Waals surface area contributed by atoms with Crippen molar-refractivity contribution in [1.29, 1.82) is 0 Å². The lowest BCUT2D eigenvalue weighted by Crippen LogP contribution is -2.58. The molecule has 0 aliphatic heterocycles. The number of amides is 4. The molecular weight excluding hydrogens is 438 g/mol. The molecule has 182 valence electrons. The van der Waals surface area contributed by atoms with Crippen LogP contribution in [0.1, 0.15) is 18.4 Å². The molecule has 4 unspecified atom stereocenters. The van der Waals surface area contributed by atoms with E-state index in [-0.39, 0.29) is 19.3 Å². The third-order valence-corrected chi connectivity index (χ3v) is 4.57. The van der Waals surface area contributed by atoms with E-state index in [1.165, 1.54) is 0 Å². The van der Waals surface area contributed by atoms with Crippen molar-refractivity contribution in [3.8, 4) is 0 Å². The summed E-state index contributed by atoms with van der Waals surface area (Å²) in [5, 5.41) is 34.1. The van der Waals surface area contributed by atoms with Crippen molar-refractivity contribution in [2.75, 3.05) is 13.2 Å². The summed E-state index contributed by atoms with van der Waals surface area (Å²) in [4.78, 5) is 59.4. The fraction of sp³-hybridized carbons (Fsp3) is 0.450. The van der Waals surface area contributed by atoms with Crippen LogP contribution in [0.4, 0.5) is 0 Å². The zero-order valence-electron chi connectivity index (χ0n) is 17.8. The Morgan fingerprint density at radius 1 is 0.818 bits per heavy atom. The largest absolute Gasteiger partial charge is 0.480 e. The number of aliphatic hydroxyl groups excluding tert-OH is 2. The van der Waals surface area contributed by atoms with E-state index in [1.54, 1.807) is 30.3 Å². The second-order valence-corrected chi connectivity index (χ2v) is 7.19. The number of aliphatic carboxylic acids is 1. The van der Waals surface area contributed by atoms with Gasteiger partial charge in [-0.25, -0.2) is 4.79 Å². The van der Waals surface area contributed by atoms with E-state index < -0.39 is 67.0 Å². The third-order valence-electron chi connectivity index (χ3n) is 4.57. The van der Waals surface area contributed by atoms with Crippen LogP contribution in [0.5, 0.6) is 0 Å². The molecule has 13 heteroatoms. The van der Waals surface area contributed by atoms with Crippen molar-refractivity contribution in [3.05, 3.63) is 35.9 Å². The van der Waals surface area contributed by atoms with Gasteiger partial charge in [-0.15, -0.1) is 0 Å². The molecule has 0 spiro atoms. The molecule has 0 aromatic heterocycles. The molecule has 0 radical (unpaired) electrons. The second kappa shape index (κ2) is 13.8. The highest BCUT2D eigenvalue weighted by Crippen LogP contribution is 2.05. The van der Waals surface area contributed by atoms with Crippen LogP contribution in [0.15, 0.2) is 30.3 Å². The molecule has 10 N–H and O–H groups in total. The van der Waals surface area contributed by atoms with Gasteiger partial charge in [0.25, 0.3) is 0 Å². The van der Waals surface area contributed by atoms with E-state index in [4.69, 9.17) is 21.7 Å². The summed E-state index contributed by atoms with van der Waals surface area (Å²) >= 11 is 0. The van der Waals surface area contributed by atoms with Gasteiger partial charge < -0.3 is 42.7 Å². The Hall–Kier alpha value is -3.55. The monoisotopic (exact) mass is 467 g/mol. The minimum Gasteiger partial charge on any atom is -0.480 e. The first-order valence-electron chi connectivity index (χ1n) is 10.0. The zero-order chi connectivity index (χ0) is 25.0. The highest BCUT2D eigenvalue weighted by atomic mass is 16.4. The van der Waals surface area contributed by atoms with Gasteiger partial charge in [0.1, 0.15) is 18.1 Å². The normalized spacial score (nSPS) is 14.3. The molecule has 0 bridgehead atoms. The Bertz CT molecular complexity index is 835. The van der Waals surface area contributed by atoms with Crippen LogP contribution in [-0.4, -0.2) is 82.3 Å². The average molecular weight is 467 g/mol. The van der Waals surface area contributed by atoms with Gasteiger partial charge in [-0.05, 0) is 12.0 Å². The van der Waals surface area contributed by atoms with Gasteiger partial charge in [0.15, 0.2) is 0 Å². The quantitative estimate of drug-likeness (QED) is 0.134. The maximum atomic E-state index is 12.8. The molecular formula is C20H29N5O8. The number of carboxylic acid groups (broad SMARTS) is 1. The predicted octanol–water partition coefficient (Wildman–Crippen LogP) is -3.65. The number of carbonyl (C=O) groups is 5. The van der Waals surface area contributed by atoms with Crippen molar-refractivity contribution in [1.82, 2.24) is 16.0 Å². The van der Waals surface area contributed by atoms with Crippen LogP contribution in [-0.2, 0) is 30.4 Å². The van der Waals surface area contributed by atoms with Crippen molar-refractivity contribution < 1.29 is 39.3 Å². The number of rotatable bonds is 14. The van der Waals surface area contributed by atoms with Gasteiger partial charge in [-0.3, -0.25) is 19.2 Å². The minimum atomic E-state index is -1.63. The summed E-state index contributed by atoms with van der Waals surface area (Å²) in [5.41, 5.74) is 11.5. The van der Waals surface area contributed by atoms with Gasteiger partial charge >= 0.3 is 5.97 Å². The average Bonchev–Trinajstić information content (AvgIpc) is 2.78. The summed E-state index contributed by atoms with van der Waals surface area (Å²) in [7, 11) is 0. The van der Waals surface area contributed by atoms with E-state index in [1.807, 2.05) is 5.32 Å². The number of benzene rings is 1. The lowest BCUT2D eigenvalue weighted by molar-refractivity contribution is -0.143. The molecule has 0 aliphatic rings. The number of carbonyl (C=O) groups excluding carboxylic acids is 4. The standard InChI is InChI=1S/C20H29N5O8/c21-12(6-7-16(22)28)17(29)23-13(8-11-4-2-1-3-5-11)18(30)24-14(9-26)19(31)25-15(10-27)20(32)33/h1-5,12-15,26-27H,6-10,21H2,(H2,22,28)(H,23,29)(H,24,30)(H,25,31)(H,32,33). The number of hydrogen-bond acceptors (Lipinski definition) is 8. The van der Waals surface area contributed by atoms with Crippen LogP contribution in [0.3, 0.4) is 0 Å². The first-order valence-corrected chi connectivity index (χ1v) is 10.0. The fourth-order valence-electron chi connectivity index (χ4n) is 2.69. The fourth-order valence-corrected chi connectivity index (χ4v) is 2.69. The molecule has 13 nitrogen and oxygen atoms in total. The summed E-state index contributed by atoms with van der Waals surface area (Å²) in [6, 6.07) is 3.07. The molecule has 33 heavy (non-hydrogen) atoms. The molecule has 0 fully saturated rings. The molecule has 0 heterocycles. The number of carboxylic acids is 1. The van der Waals surface area contributed by atoms with Crippen LogP contribution in [0.2, 0.25) is 0 Å². The van der Waals surface area contributed by atoms with Gasteiger partial charge in [0, 0.05) is 12.8 Å². The zero-order valence-corrected chi connectivity index (χ0v) is 17.8. The Morgan fingerprint density at radius 3 is 1.85 bits per heavy atom. The summed E-state index contributed by atoms with van der Waals surface area (Å²) in [6.07, 6.45) is -0.165. The van der Waals surface area contributed by atoms with Crippen LogP contribution < -0.4 is 27.4 Å². The molecule has 1 aromatic rings. The van der Waals surface area contributed by atoms with E-state index in [2.05, 4.69) is 10.6 Å². The Balaban J connectivity index is 2.95. The molecule has 1 rings (SSSR count). The smallest absolute Gasteiger partial charge is 0.328 e. The van der Waals surface area contributed by atoms with Crippen LogP contribution in [0, 0.1) is 0 Å². The van der Waals surface area contributed by atoms with Gasteiger partial charge in [-0.2, -0.15) is 0 Å². The number of aliphatic hydroxyl groups is 2. The van der Waals surface area contributed by atoms with Crippen molar-refractivity contribution >= 4 is 29.6 Å². The summed E-state index contributed by atoms with van der Waals surface area (Å²) in [6.45, 7) is -1.78. The lowest BCUT2D eigenvalue weighted by atomic mass is 10.0. The number of nitrogens with two attached hydrogens (primary N) is 2. The summed E-state index contributed by atoms with van der Waals surface area (Å²) < 4.78 is 0. The SMILES string of the molecule is NC(=O)CCC(N)C(=O)NC(Cc1ccccc1)C(=O)NC(CO)C(=O)NC(CO)C(=O)O. The van der Waals surface area contributed by atoms with E-state index in [0.717, 1.165) is 0 Å². The third kappa shape index (κ3) is 9.64. The molecule has 0 saturated heterocycles. The number of hydrogen-bond donors (Lipinski definition) is 8. The minimum absolute atomic E-state index is 0.00904. The second-order valence-electron chi connectivity index (χ2n) is 7.19. The topological polar surface area (TPSA) is 234 Å². The first-order chi connectivity index (χ1) is 15.6. The first kappa shape index (κ1) is 27.5. The molecule has 0 saturated carbocycles. The number of nitrogens with one attached hydrogen (secondary N) is 3. The van der Waals surface area contributed by atoms with E-state index >= 15 is 0 Å². The van der Waals surface area contributed by atoms with Crippen LogP contribution in [0.25, 0.3) is 0 Å². The van der Waals surface area contributed by atoms with Gasteiger partial charge in [-0.1, -0.05) is 30.3 Å². The highest BCUT2D eigenvalue weighted by molar-refractivity contribution is 5.94. The maximum absolute atomic E-state index is 12.8. The summed E-state index contributed by atoms with van der Waals surface area (Å²) in [5.74, 6) is -4.78. The van der Waals surface area contributed by atoms with Crippen molar-refractivity contribution in [2.24, 2.45) is 11.5 Å². The highest BCUT2D eigenvalue weighted by Gasteiger charge is 2.30. The molecule has 4 amide bonds. The van der Waals surface area contributed by atoms with Gasteiger partial charge in [0.05, 0.1) is 19.3 Å². The Morgan fingerprint density at radius 2 is 1.33 bits per heavy atom. The molecule has 1 aromatic carbocycles. The Kier molecular flexibility index (Phi) is 11.5. The predicted molar refractivity (Wildman–Crippen MR) is 114 cm³/mol. The van der Waals surface area contributed by atoms with Crippen LogP contribution >= 0.6 is 0 Å². The van der Waals surface area contributed by atoms with Crippen molar-refractivity contribution in [2.45, 2.75) is 43.4 Å². The molecule has 0 aliphatic carbocycles. The van der Waals surface area contributed by atoms with Crippen molar-refractivity contribution in [3.63, 3.8) is 0 Å².